The van der Waals surface area contributed by atoms with Crippen LogP contribution in [0, 0.1) is 11.8 Å². The summed E-state index contributed by atoms with van der Waals surface area (Å²) in [7, 11) is 0. The van der Waals surface area contributed by atoms with Crippen molar-refractivity contribution in [3.63, 3.8) is 0 Å². The standard InChI is InChI=1S/C23H30F4O5/c24-16(14-32-17-7-5-6-15(12-17)23(25,26)27)10-11-19-18(20(28)13-21(19)29)8-3-1-2-4-9-22(30)31/h1,3,5-7,12,16,18-21,28-29H,2,4,8-11,13-14H2,(H,30,31)/b3-1-/t16-,18-,19-,20+,21-/m1/s1. The van der Waals surface area contributed by atoms with Gasteiger partial charge in [0, 0.05) is 6.42 Å². The topological polar surface area (TPSA) is 87.0 Å². The Morgan fingerprint density at radius 2 is 1.91 bits per heavy atom. The third-order valence-electron chi connectivity index (χ3n) is 5.76. The third-order valence-corrected chi connectivity index (χ3v) is 5.76. The van der Waals surface area contributed by atoms with Crippen molar-refractivity contribution in [2.75, 3.05) is 6.61 Å². The summed E-state index contributed by atoms with van der Waals surface area (Å²) < 4.78 is 57.7. The van der Waals surface area contributed by atoms with E-state index in [1.807, 2.05) is 12.2 Å². The van der Waals surface area contributed by atoms with Gasteiger partial charge in [-0.25, -0.2) is 4.39 Å². The second-order valence-electron chi connectivity index (χ2n) is 8.20. The fraction of sp³-hybridized carbons (Fsp3) is 0.609. The Hall–Kier alpha value is -2.13. The van der Waals surface area contributed by atoms with E-state index in [1.165, 1.54) is 12.1 Å². The Morgan fingerprint density at radius 3 is 2.59 bits per heavy atom. The lowest BCUT2D eigenvalue weighted by molar-refractivity contribution is -0.138. The molecule has 1 aromatic carbocycles. The van der Waals surface area contributed by atoms with Gasteiger partial charge in [-0.1, -0.05) is 18.2 Å². The number of allylic oxidation sites excluding steroid dienone is 2. The van der Waals surface area contributed by atoms with E-state index >= 15 is 0 Å². The highest BCUT2D eigenvalue weighted by Crippen LogP contribution is 2.38. The SMILES string of the molecule is O=C(O)CCC/C=C\C[C@@H]1[C@@H](CC[C@@H](F)COc2cccc(C(F)(F)F)c2)[C@H](O)C[C@@H]1O. The van der Waals surface area contributed by atoms with Crippen molar-refractivity contribution in [2.24, 2.45) is 11.8 Å². The molecule has 2 rings (SSSR count). The van der Waals surface area contributed by atoms with Gasteiger partial charge in [-0.05, 0) is 68.6 Å². The highest BCUT2D eigenvalue weighted by molar-refractivity contribution is 5.66. The van der Waals surface area contributed by atoms with Crippen molar-refractivity contribution >= 4 is 5.97 Å². The summed E-state index contributed by atoms with van der Waals surface area (Å²) in [4.78, 5) is 10.5. The summed E-state index contributed by atoms with van der Waals surface area (Å²) in [5, 5.41) is 29.1. The molecule has 5 nitrogen and oxygen atoms in total. The number of aliphatic hydroxyl groups is 2. The second-order valence-corrected chi connectivity index (χ2v) is 8.20. The fourth-order valence-corrected chi connectivity index (χ4v) is 4.05. The highest BCUT2D eigenvalue weighted by atomic mass is 19.4. The highest BCUT2D eigenvalue weighted by Gasteiger charge is 2.40. The van der Waals surface area contributed by atoms with E-state index in [1.54, 1.807) is 0 Å². The summed E-state index contributed by atoms with van der Waals surface area (Å²) in [6.07, 6.45) is -1.45. The number of ether oxygens (including phenoxy) is 1. The number of alkyl halides is 4. The average molecular weight is 462 g/mol. The molecule has 1 fully saturated rings. The minimum Gasteiger partial charge on any atom is -0.491 e. The Kier molecular flexibility index (Phi) is 9.96. The van der Waals surface area contributed by atoms with Crippen LogP contribution in [0.1, 0.15) is 50.5 Å². The molecule has 0 unspecified atom stereocenters. The monoisotopic (exact) mass is 462 g/mol. The van der Waals surface area contributed by atoms with Gasteiger partial charge in [0.05, 0.1) is 17.8 Å². The molecule has 1 aliphatic rings. The predicted octanol–water partition coefficient (Wildman–Crippen LogP) is 4.76. The largest absolute Gasteiger partial charge is 0.491 e. The number of aliphatic hydroxyl groups excluding tert-OH is 2. The van der Waals surface area contributed by atoms with Crippen LogP contribution < -0.4 is 4.74 Å². The molecule has 0 aromatic heterocycles. The zero-order valence-corrected chi connectivity index (χ0v) is 17.7. The minimum absolute atomic E-state index is 0.0479. The van der Waals surface area contributed by atoms with Crippen molar-refractivity contribution in [1.82, 2.24) is 0 Å². The van der Waals surface area contributed by atoms with Gasteiger partial charge in [-0.2, -0.15) is 13.2 Å². The van der Waals surface area contributed by atoms with Gasteiger partial charge in [-0.3, -0.25) is 4.79 Å². The van der Waals surface area contributed by atoms with Gasteiger partial charge in [0.25, 0.3) is 0 Å². The third kappa shape index (κ3) is 8.43. The maximum absolute atomic E-state index is 14.3. The molecule has 0 spiro atoms. The maximum Gasteiger partial charge on any atom is 0.416 e. The molecule has 9 heteroatoms. The molecular weight excluding hydrogens is 432 g/mol. The summed E-state index contributed by atoms with van der Waals surface area (Å²) in [6.45, 7) is -0.402. The van der Waals surface area contributed by atoms with Gasteiger partial charge in [-0.15, -0.1) is 0 Å². The second kappa shape index (κ2) is 12.2. The van der Waals surface area contributed by atoms with Crippen LogP contribution >= 0.6 is 0 Å². The molecule has 0 aliphatic heterocycles. The lowest BCUT2D eigenvalue weighted by atomic mass is 9.86. The zero-order chi connectivity index (χ0) is 23.7. The summed E-state index contributed by atoms with van der Waals surface area (Å²) in [5.74, 6) is -1.46. The number of carboxylic acid groups (broad SMARTS) is 1. The molecule has 0 saturated heterocycles. The van der Waals surface area contributed by atoms with Crippen LogP contribution in [0.25, 0.3) is 0 Å². The van der Waals surface area contributed by atoms with E-state index in [4.69, 9.17) is 9.84 Å². The molecule has 1 aliphatic carbocycles. The molecule has 0 heterocycles. The van der Waals surface area contributed by atoms with Crippen molar-refractivity contribution < 1.29 is 42.4 Å². The van der Waals surface area contributed by atoms with Crippen LogP contribution in [-0.4, -0.2) is 46.3 Å². The number of benzene rings is 1. The lowest BCUT2D eigenvalue weighted by Crippen LogP contribution is -2.24. The number of carbonyl (C=O) groups is 1. The first-order chi connectivity index (χ1) is 15.1. The first-order valence-corrected chi connectivity index (χ1v) is 10.7. The molecule has 0 radical (unpaired) electrons. The average Bonchev–Trinajstić information content (AvgIpc) is 2.99. The molecule has 1 aromatic rings. The molecule has 0 bridgehead atoms. The smallest absolute Gasteiger partial charge is 0.416 e. The van der Waals surface area contributed by atoms with Crippen molar-refractivity contribution in [2.45, 2.75) is 69.5 Å². The van der Waals surface area contributed by atoms with Gasteiger partial charge in [0.15, 0.2) is 0 Å². The fourth-order valence-electron chi connectivity index (χ4n) is 4.05. The van der Waals surface area contributed by atoms with Gasteiger partial charge in [0.2, 0.25) is 0 Å². The van der Waals surface area contributed by atoms with Crippen LogP contribution in [0.15, 0.2) is 36.4 Å². The summed E-state index contributed by atoms with van der Waals surface area (Å²) >= 11 is 0. The van der Waals surface area contributed by atoms with Crippen LogP contribution in [0.4, 0.5) is 17.6 Å². The van der Waals surface area contributed by atoms with Crippen LogP contribution in [0.5, 0.6) is 5.75 Å². The van der Waals surface area contributed by atoms with E-state index in [2.05, 4.69) is 0 Å². The first kappa shape index (κ1) is 26.1. The number of aliphatic carboxylic acids is 1. The van der Waals surface area contributed by atoms with E-state index in [0.29, 0.717) is 25.7 Å². The molecule has 0 amide bonds. The van der Waals surface area contributed by atoms with Crippen LogP contribution in [0.2, 0.25) is 0 Å². The number of hydrogen-bond donors (Lipinski definition) is 3. The van der Waals surface area contributed by atoms with Gasteiger partial charge >= 0.3 is 12.1 Å². The van der Waals surface area contributed by atoms with Crippen LogP contribution in [0.3, 0.4) is 0 Å². The number of carboxylic acids is 1. The predicted molar refractivity (Wildman–Crippen MR) is 110 cm³/mol. The number of unbranched alkanes of at least 4 members (excludes halogenated alkanes) is 1. The van der Waals surface area contributed by atoms with Crippen molar-refractivity contribution in [3.8, 4) is 5.75 Å². The Bertz CT molecular complexity index is 752. The van der Waals surface area contributed by atoms with Crippen molar-refractivity contribution in [3.05, 3.63) is 42.0 Å². The van der Waals surface area contributed by atoms with Crippen LogP contribution in [-0.2, 0) is 11.0 Å². The molecule has 1 saturated carbocycles. The normalized spacial score (nSPS) is 24.7. The summed E-state index contributed by atoms with van der Waals surface area (Å²) in [5.41, 5.74) is -0.868. The number of halogens is 4. The molecule has 32 heavy (non-hydrogen) atoms. The Labute approximate surface area is 184 Å². The van der Waals surface area contributed by atoms with Gasteiger partial charge < -0.3 is 20.1 Å². The molecule has 3 N–H and O–H groups in total. The zero-order valence-electron chi connectivity index (χ0n) is 17.7. The number of rotatable bonds is 12. The molecule has 5 atom stereocenters. The molecule has 180 valence electrons. The van der Waals surface area contributed by atoms with E-state index in [-0.39, 0.29) is 36.8 Å². The number of hydrogen-bond acceptors (Lipinski definition) is 4. The quantitative estimate of drug-likeness (QED) is 0.237. The lowest BCUT2D eigenvalue weighted by Gasteiger charge is -2.23. The Balaban J connectivity index is 1.80. The van der Waals surface area contributed by atoms with Crippen molar-refractivity contribution in [1.29, 1.82) is 0 Å². The summed E-state index contributed by atoms with van der Waals surface area (Å²) in [6, 6.07) is 4.26. The first-order valence-electron chi connectivity index (χ1n) is 10.7. The maximum atomic E-state index is 14.3. The van der Waals surface area contributed by atoms with Gasteiger partial charge in [0.1, 0.15) is 18.5 Å². The minimum atomic E-state index is -4.51. The van der Waals surface area contributed by atoms with E-state index < -0.39 is 42.7 Å². The van der Waals surface area contributed by atoms with E-state index in [0.717, 1.165) is 12.1 Å². The molecular formula is C23H30F4O5. The van der Waals surface area contributed by atoms with E-state index in [9.17, 15) is 32.6 Å². The Morgan fingerprint density at radius 1 is 1.19 bits per heavy atom.